The molecule has 7 heteroatoms. The van der Waals surface area contributed by atoms with E-state index in [2.05, 4.69) is 59.5 Å². The Bertz CT molecular complexity index is 790. The average molecular weight is 523 g/mol. The SMILES string of the molecule is CCNC(=NCc1ccc(N2CCCC2)nc1)NCC(C)Oc1ccccc1C.I. The predicted molar refractivity (Wildman–Crippen MR) is 135 cm³/mol. The highest BCUT2D eigenvalue weighted by molar-refractivity contribution is 14.0. The van der Waals surface area contributed by atoms with Crippen LogP contribution in [0.25, 0.3) is 0 Å². The third kappa shape index (κ3) is 7.34. The van der Waals surface area contributed by atoms with Crippen LogP contribution in [0.5, 0.6) is 5.75 Å². The molecule has 0 aliphatic carbocycles. The number of pyridine rings is 1. The molecule has 1 aromatic heterocycles. The van der Waals surface area contributed by atoms with Crippen LogP contribution in [0, 0.1) is 6.92 Å². The second-order valence-electron chi connectivity index (χ2n) is 7.49. The number of aromatic nitrogens is 1. The summed E-state index contributed by atoms with van der Waals surface area (Å²) in [6.45, 7) is 10.5. The van der Waals surface area contributed by atoms with Gasteiger partial charge in [-0.15, -0.1) is 24.0 Å². The number of ether oxygens (including phenoxy) is 1. The summed E-state index contributed by atoms with van der Waals surface area (Å²) in [5, 5.41) is 6.67. The first-order valence-corrected chi connectivity index (χ1v) is 10.6. The van der Waals surface area contributed by atoms with Crippen LogP contribution >= 0.6 is 24.0 Å². The molecule has 1 unspecified atom stereocenters. The Hall–Kier alpha value is -2.03. The zero-order chi connectivity index (χ0) is 20.5. The van der Waals surface area contributed by atoms with Gasteiger partial charge in [-0.25, -0.2) is 9.98 Å². The van der Waals surface area contributed by atoms with Gasteiger partial charge in [0.15, 0.2) is 5.96 Å². The number of hydrogen-bond acceptors (Lipinski definition) is 4. The van der Waals surface area contributed by atoms with Crippen LogP contribution in [0.2, 0.25) is 0 Å². The lowest BCUT2D eigenvalue weighted by molar-refractivity contribution is 0.222. The zero-order valence-electron chi connectivity index (χ0n) is 18.2. The number of para-hydroxylation sites is 1. The van der Waals surface area contributed by atoms with E-state index in [-0.39, 0.29) is 30.1 Å². The van der Waals surface area contributed by atoms with Crippen LogP contribution in [0.1, 0.15) is 37.8 Å². The summed E-state index contributed by atoms with van der Waals surface area (Å²) in [5.74, 6) is 2.78. The number of aliphatic imine (C=N–C) groups is 1. The van der Waals surface area contributed by atoms with E-state index in [0.29, 0.717) is 13.1 Å². The fraction of sp³-hybridized carbons (Fsp3) is 0.478. The predicted octanol–water partition coefficient (Wildman–Crippen LogP) is 4.13. The fourth-order valence-electron chi connectivity index (χ4n) is 3.34. The summed E-state index contributed by atoms with van der Waals surface area (Å²) in [7, 11) is 0. The number of benzene rings is 1. The van der Waals surface area contributed by atoms with Crippen LogP contribution in [-0.4, -0.2) is 43.2 Å². The quantitative estimate of drug-likeness (QED) is 0.310. The maximum atomic E-state index is 6.04. The fourth-order valence-corrected chi connectivity index (χ4v) is 3.34. The second kappa shape index (κ2) is 12.6. The Morgan fingerprint density at radius 3 is 2.60 bits per heavy atom. The van der Waals surface area contributed by atoms with Crippen molar-refractivity contribution in [2.24, 2.45) is 4.99 Å². The Morgan fingerprint density at radius 1 is 1.17 bits per heavy atom. The standard InChI is InChI=1S/C23H33N5O.HI/c1-4-24-23(26-15-19(3)29-21-10-6-5-9-18(21)2)27-17-20-11-12-22(25-16-20)28-13-7-8-14-28;/h5-6,9-12,16,19H,4,7-8,13-15,17H2,1-3H3,(H2,24,26,27);1H. The van der Waals surface area contributed by atoms with E-state index in [1.165, 1.54) is 12.8 Å². The number of guanidine groups is 1. The normalized spacial score (nSPS) is 14.8. The van der Waals surface area contributed by atoms with Gasteiger partial charge in [0.25, 0.3) is 0 Å². The molecule has 1 aliphatic rings. The summed E-state index contributed by atoms with van der Waals surface area (Å²) in [6.07, 6.45) is 4.49. The third-order valence-electron chi connectivity index (χ3n) is 4.98. The van der Waals surface area contributed by atoms with Crippen molar-refractivity contribution < 1.29 is 4.74 Å². The molecule has 1 atom stereocenters. The van der Waals surface area contributed by atoms with Crippen LogP contribution in [0.3, 0.4) is 0 Å². The minimum absolute atomic E-state index is 0. The molecule has 164 valence electrons. The summed E-state index contributed by atoms with van der Waals surface area (Å²) >= 11 is 0. The van der Waals surface area contributed by atoms with Gasteiger partial charge in [-0.1, -0.05) is 24.3 Å². The Labute approximate surface area is 197 Å². The van der Waals surface area contributed by atoms with E-state index < -0.39 is 0 Å². The van der Waals surface area contributed by atoms with E-state index in [9.17, 15) is 0 Å². The van der Waals surface area contributed by atoms with Crippen molar-refractivity contribution in [3.05, 3.63) is 53.7 Å². The van der Waals surface area contributed by atoms with Gasteiger partial charge < -0.3 is 20.3 Å². The summed E-state index contributed by atoms with van der Waals surface area (Å²) < 4.78 is 6.04. The maximum absolute atomic E-state index is 6.04. The molecule has 0 amide bonds. The molecule has 2 heterocycles. The molecule has 1 fully saturated rings. The lowest BCUT2D eigenvalue weighted by Gasteiger charge is -2.19. The number of rotatable bonds is 8. The van der Waals surface area contributed by atoms with E-state index >= 15 is 0 Å². The van der Waals surface area contributed by atoms with Crippen molar-refractivity contribution >= 4 is 35.8 Å². The molecule has 2 N–H and O–H groups in total. The van der Waals surface area contributed by atoms with Gasteiger partial charge in [0.2, 0.25) is 0 Å². The van der Waals surface area contributed by atoms with Gasteiger partial charge >= 0.3 is 0 Å². The highest BCUT2D eigenvalue weighted by Gasteiger charge is 2.13. The molecule has 0 saturated carbocycles. The van der Waals surface area contributed by atoms with Crippen molar-refractivity contribution in [3.63, 3.8) is 0 Å². The number of halogens is 1. The summed E-state index contributed by atoms with van der Waals surface area (Å²) in [6, 6.07) is 12.3. The minimum atomic E-state index is 0. The first kappa shape index (κ1) is 24.2. The Balaban J connectivity index is 0.00000320. The first-order chi connectivity index (χ1) is 14.2. The number of nitrogens with one attached hydrogen (secondary N) is 2. The molecule has 3 rings (SSSR count). The van der Waals surface area contributed by atoms with E-state index in [0.717, 1.165) is 48.3 Å². The lowest BCUT2D eigenvalue weighted by atomic mass is 10.2. The van der Waals surface area contributed by atoms with Crippen molar-refractivity contribution in [1.29, 1.82) is 0 Å². The molecule has 1 saturated heterocycles. The monoisotopic (exact) mass is 523 g/mol. The first-order valence-electron chi connectivity index (χ1n) is 10.6. The van der Waals surface area contributed by atoms with Gasteiger partial charge in [-0.2, -0.15) is 0 Å². The molecule has 6 nitrogen and oxygen atoms in total. The second-order valence-corrected chi connectivity index (χ2v) is 7.49. The van der Waals surface area contributed by atoms with Crippen molar-refractivity contribution in [2.45, 2.75) is 46.3 Å². The van der Waals surface area contributed by atoms with Gasteiger partial charge in [-0.3, -0.25) is 0 Å². The number of anilines is 1. The highest BCUT2D eigenvalue weighted by Crippen LogP contribution is 2.18. The maximum Gasteiger partial charge on any atom is 0.191 e. The van der Waals surface area contributed by atoms with Crippen LogP contribution in [0.4, 0.5) is 5.82 Å². The number of aryl methyl sites for hydroxylation is 1. The Kier molecular flexibility index (Phi) is 10.2. The van der Waals surface area contributed by atoms with E-state index in [1.807, 2.05) is 24.4 Å². The molecular weight excluding hydrogens is 489 g/mol. The molecule has 2 aromatic rings. The molecule has 0 bridgehead atoms. The minimum Gasteiger partial charge on any atom is -0.489 e. The van der Waals surface area contributed by atoms with Gasteiger partial charge in [-0.05, 0) is 56.9 Å². The van der Waals surface area contributed by atoms with Crippen LogP contribution in [0.15, 0.2) is 47.6 Å². The molecule has 0 spiro atoms. The van der Waals surface area contributed by atoms with Gasteiger partial charge in [0.05, 0.1) is 13.1 Å². The van der Waals surface area contributed by atoms with Crippen molar-refractivity contribution in [1.82, 2.24) is 15.6 Å². The van der Waals surface area contributed by atoms with Gasteiger partial charge in [0, 0.05) is 25.8 Å². The van der Waals surface area contributed by atoms with E-state index in [1.54, 1.807) is 0 Å². The molecule has 30 heavy (non-hydrogen) atoms. The summed E-state index contributed by atoms with van der Waals surface area (Å²) in [5.41, 5.74) is 2.25. The number of nitrogens with zero attached hydrogens (tertiary/aromatic N) is 3. The number of hydrogen-bond donors (Lipinski definition) is 2. The van der Waals surface area contributed by atoms with Crippen LogP contribution < -0.4 is 20.3 Å². The van der Waals surface area contributed by atoms with Crippen molar-refractivity contribution in [3.8, 4) is 5.75 Å². The highest BCUT2D eigenvalue weighted by atomic mass is 127. The van der Waals surface area contributed by atoms with Crippen LogP contribution in [-0.2, 0) is 6.54 Å². The topological polar surface area (TPSA) is 61.8 Å². The van der Waals surface area contributed by atoms with E-state index in [4.69, 9.17) is 9.73 Å². The Morgan fingerprint density at radius 2 is 1.93 bits per heavy atom. The zero-order valence-corrected chi connectivity index (χ0v) is 20.6. The third-order valence-corrected chi connectivity index (χ3v) is 4.98. The average Bonchev–Trinajstić information content (AvgIpc) is 3.27. The molecule has 1 aliphatic heterocycles. The lowest BCUT2D eigenvalue weighted by Crippen LogP contribution is -2.41. The smallest absolute Gasteiger partial charge is 0.191 e. The molecule has 1 aromatic carbocycles. The van der Waals surface area contributed by atoms with Crippen molar-refractivity contribution in [2.75, 3.05) is 31.1 Å². The van der Waals surface area contributed by atoms with Gasteiger partial charge in [0.1, 0.15) is 17.7 Å². The largest absolute Gasteiger partial charge is 0.489 e. The molecular formula is C23H34IN5O. The molecule has 0 radical (unpaired) electrons. The summed E-state index contributed by atoms with van der Waals surface area (Å²) in [4.78, 5) is 11.6.